The summed E-state index contributed by atoms with van der Waals surface area (Å²) in [7, 11) is 0. The van der Waals surface area contributed by atoms with E-state index in [0.29, 0.717) is 0 Å². The number of allylic oxidation sites excluding steroid dienone is 4. The van der Waals surface area contributed by atoms with Crippen LogP contribution in [0.4, 0.5) is 0 Å². The summed E-state index contributed by atoms with van der Waals surface area (Å²) in [5.41, 5.74) is 3.27. The number of rotatable bonds is 2. The van der Waals surface area contributed by atoms with Crippen LogP contribution in [-0.2, 0) is 24.4 Å². The van der Waals surface area contributed by atoms with Crippen LogP contribution in [-0.4, -0.2) is 0 Å². The first kappa shape index (κ1) is 9.44. The Morgan fingerprint density at radius 2 is 2.18 bits per heavy atom. The van der Waals surface area contributed by atoms with Gasteiger partial charge < -0.3 is 0 Å². The third-order valence-electron chi connectivity index (χ3n) is 2.25. The van der Waals surface area contributed by atoms with Crippen LogP contribution in [0.15, 0.2) is 20.6 Å². The fourth-order valence-corrected chi connectivity index (χ4v) is 2.99. The van der Waals surface area contributed by atoms with E-state index in [1.54, 1.807) is 14.5 Å². The molecule has 0 fully saturated rings. The van der Waals surface area contributed by atoms with E-state index in [9.17, 15) is 0 Å². The zero-order chi connectivity index (χ0) is 8.43. The quantitative estimate of drug-likeness (QED) is 0.687. The van der Waals surface area contributed by atoms with Crippen LogP contribution in [0.5, 0.6) is 0 Å². The molecule has 0 unspecified atom stereocenters. The summed E-state index contributed by atoms with van der Waals surface area (Å²) in [6.07, 6.45) is 4.94. The molecule has 59 valence electrons. The van der Waals surface area contributed by atoms with Gasteiger partial charge in [0.1, 0.15) is 0 Å². The molecule has 1 heteroatoms. The van der Waals surface area contributed by atoms with Crippen LogP contribution in [0, 0.1) is 5.92 Å². The molecule has 0 amide bonds. The first-order chi connectivity index (χ1) is 5.15. The van der Waals surface area contributed by atoms with Crippen molar-refractivity contribution >= 4 is 0 Å². The van der Waals surface area contributed by atoms with E-state index >= 15 is 0 Å². The van der Waals surface area contributed by atoms with Crippen LogP contribution in [0.25, 0.3) is 0 Å². The van der Waals surface area contributed by atoms with E-state index in [4.69, 9.17) is 0 Å². The Morgan fingerprint density at radius 1 is 1.55 bits per heavy atom. The Kier molecular flexibility index (Phi) is 3.29. The molecule has 0 aliphatic heterocycles. The first-order valence-electron chi connectivity index (χ1n) is 4.29. The molecule has 0 nitrogen and oxygen atoms in total. The van der Waals surface area contributed by atoms with Gasteiger partial charge in [-0.2, -0.15) is 0 Å². The zero-order valence-corrected chi connectivity index (χ0v) is 11.2. The fourth-order valence-electron chi connectivity index (χ4n) is 1.37. The molecule has 0 radical (unpaired) electrons. The molecule has 0 aromatic rings. The Morgan fingerprint density at radius 3 is 2.45 bits per heavy atom. The molecule has 11 heavy (non-hydrogen) atoms. The molecule has 1 aliphatic rings. The second-order valence-electron chi connectivity index (χ2n) is 3.41. The Labute approximate surface area is 84.3 Å². The van der Waals surface area contributed by atoms with E-state index in [0.717, 1.165) is 5.92 Å². The van der Waals surface area contributed by atoms with Gasteiger partial charge in [-0.3, -0.25) is 0 Å². The van der Waals surface area contributed by atoms with Crippen molar-refractivity contribution in [1.29, 1.82) is 0 Å². The molecular formula is C10H15Hf. The molecule has 0 atom stereocenters. The predicted molar refractivity (Wildman–Crippen MR) is 44.9 cm³/mol. The van der Waals surface area contributed by atoms with Crippen LogP contribution >= 0.6 is 0 Å². The topological polar surface area (TPSA) is 0 Å². The van der Waals surface area contributed by atoms with E-state index in [1.807, 2.05) is 0 Å². The molecular weight excluding hydrogens is 299 g/mol. The van der Waals surface area contributed by atoms with Crippen LogP contribution in [0.2, 0.25) is 0 Å². The van der Waals surface area contributed by atoms with E-state index < -0.39 is 0 Å². The Bertz CT molecular complexity index is 209. The average molecular weight is 314 g/mol. The third-order valence-corrected chi connectivity index (χ3v) is 4.04. The molecule has 1 aliphatic carbocycles. The fraction of sp³-hybridized carbons (Fsp3) is 0.600. The van der Waals surface area contributed by atoms with Crippen molar-refractivity contribution in [3.8, 4) is 0 Å². The van der Waals surface area contributed by atoms with Crippen molar-refractivity contribution in [2.24, 2.45) is 5.92 Å². The minimum atomic E-state index is 0.753. The van der Waals surface area contributed by atoms with Gasteiger partial charge in [0.25, 0.3) is 0 Å². The zero-order valence-electron chi connectivity index (χ0n) is 7.57. The van der Waals surface area contributed by atoms with Gasteiger partial charge in [-0.1, -0.05) is 0 Å². The molecule has 0 bridgehead atoms. The van der Waals surface area contributed by atoms with E-state index in [2.05, 4.69) is 26.8 Å². The minimum absolute atomic E-state index is 0.753. The molecule has 0 saturated heterocycles. The van der Waals surface area contributed by atoms with Gasteiger partial charge >= 0.3 is 84.5 Å². The van der Waals surface area contributed by atoms with Gasteiger partial charge in [-0.15, -0.1) is 0 Å². The molecule has 0 heterocycles. The molecule has 0 N–H and O–H groups in total. The Balaban J connectivity index is 2.71. The summed E-state index contributed by atoms with van der Waals surface area (Å²) in [6, 6.07) is 0. The van der Waals surface area contributed by atoms with Crippen molar-refractivity contribution in [1.82, 2.24) is 0 Å². The van der Waals surface area contributed by atoms with Gasteiger partial charge in [-0.05, 0) is 0 Å². The normalized spacial score (nSPS) is 17.9. The van der Waals surface area contributed by atoms with Crippen molar-refractivity contribution < 1.29 is 24.4 Å². The van der Waals surface area contributed by atoms with Gasteiger partial charge in [0.05, 0.1) is 0 Å². The van der Waals surface area contributed by atoms with Crippen LogP contribution in [0.1, 0.15) is 33.6 Å². The molecule has 0 aromatic carbocycles. The van der Waals surface area contributed by atoms with Crippen LogP contribution < -0.4 is 0 Å². The summed E-state index contributed by atoms with van der Waals surface area (Å²) in [5, 5.41) is 0. The van der Waals surface area contributed by atoms with Crippen molar-refractivity contribution in [3.05, 3.63) is 20.6 Å². The van der Waals surface area contributed by atoms with E-state index in [1.165, 1.54) is 37.2 Å². The molecule has 0 spiro atoms. The number of hydrogen-bond acceptors (Lipinski definition) is 0. The summed E-state index contributed by atoms with van der Waals surface area (Å²) >= 11 is 1.26. The van der Waals surface area contributed by atoms with Gasteiger partial charge in [0.2, 0.25) is 0 Å². The maximum atomic E-state index is 2.42. The van der Waals surface area contributed by atoms with Crippen molar-refractivity contribution in [3.63, 3.8) is 0 Å². The molecule has 1 rings (SSSR count). The predicted octanol–water partition coefficient (Wildman–Crippen LogP) is 3.18. The standard InChI is InChI=1S/C10H15.Hf/c1-4-9-5-6-10(7-9)8(2)3;/h7-8H,4,6H2,1-3H3;. The Hall–Kier alpha value is 0.350. The maximum absolute atomic E-state index is 2.42. The SMILES string of the molecule is CCC1=[C]([Hf])CC(C(C)C)=C1. The molecule has 0 aromatic heterocycles. The first-order valence-corrected chi connectivity index (χ1v) is 6.08. The molecule has 0 saturated carbocycles. The third kappa shape index (κ3) is 2.14. The van der Waals surface area contributed by atoms with E-state index in [-0.39, 0.29) is 0 Å². The summed E-state index contributed by atoms with van der Waals surface area (Å²) < 4.78 is 1.72. The second-order valence-corrected chi connectivity index (χ2v) is 5.58. The van der Waals surface area contributed by atoms with Crippen molar-refractivity contribution in [2.75, 3.05) is 0 Å². The summed E-state index contributed by atoms with van der Waals surface area (Å²) in [5.74, 6) is 0.753. The van der Waals surface area contributed by atoms with Gasteiger partial charge in [-0.25, -0.2) is 0 Å². The number of hydrogen-bond donors (Lipinski definition) is 0. The van der Waals surface area contributed by atoms with Gasteiger partial charge in [0.15, 0.2) is 0 Å². The summed E-state index contributed by atoms with van der Waals surface area (Å²) in [6.45, 7) is 6.84. The van der Waals surface area contributed by atoms with Crippen molar-refractivity contribution in [2.45, 2.75) is 33.6 Å². The van der Waals surface area contributed by atoms with Crippen LogP contribution in [0.3, 0.4) is 0 Å². The summed E-state index contributed by atoms with van der Waals surface area (Å²) in [4.78, 5) is 0. The average Bonchev–Trinajstić information content (AvgIpc) is 2.31. The monoisotopic (exact) mass is 315 g/mol. The second kappa shape index (κ2) is 3.84. The van der Waals surface area contributed by atoms with Gasteiger partial charge in [0, 0.05) is 0 Å².